The third kappa shape index (κ3) is 4.56. The van der Waals surface area contributed by atoms with E-state index in [0.29, 0.717) is 17.3 Å². The van der Waals surface area contributed by atoms with Crippen LogP contribution in [-0.4, -0.2) is 15.9 Å². The van der Waals surface area contributed by atoms with Crippen molar-refractivity contribution in [1.82, 2.24) is 9.97 Å². The van der Waals surface area contributed by atoms with Gasteiger partial charge in [0.15, 0.2) is 0 Å². The van der Waals surface area contributed by atoms with Gasteiger partial charge in [-0.15, -0.1) is 0 Å². The van der Waals surface area contributed by atoms with E-state index in [1.54, 1.807) is 24.5 Å². The second-order valence-corrected chi connectivity index (χ2v) is 4.85. The maximum atomic E-state index is 12.0. The first-order valence-corrected chi connectivity index (χ1v) is 7.04. The van der Waals surface area contributed by atoms with Crippen molar-refractivity contribution in [3.63, 3.8) is 0 Å². The van der Waals surface area contributed by atoms with Gasteiger partial charge in [0.25, 0.3) is 0 Å². The highest BCUT2D eigenvalue weighted by Crippen LogP contribution is 2.22. The molecule has 2 aromatic rings. The van der Waals surface area contributed by atoms with Gasteiger partial charge in [-0.1, -0.05) is 26.3 Å². The van der Waals surface area contributed by atoms with E-state index in [4.69, 9.17) is 4.74 Å². The summed E-state index contributed by atoms with van der Waals surface area (Å²) in [5.74, 6) is 1.05. The fourth-order valence-corrected chi connectivity index (χ4v) is 1.93. The van der Waals surface area contributed by atoms with Crippen LogP contribution in [0, 0.1) is 5.92 Å². The zero-order valence-electron chi connectivity index (χ0n) is 12.2. The SMILES string of the molecule is CCCC(C)C(=O)Nc1cccc(Oc2cnccn2)c1. The molecule has 21 heavy (non-hydrogen) atoms. The van der Waals surface area contributed by atoms with Gasteiger partial charge in [0, 0.05) is 30.1 Å². The van der Waals surface area contributed by atoms with Crippen molar-refractivity contribution in [2.75, 3.05) is 5.32 Å². The summed E-state index contributed by atoms with van der Waals surface area (Å²) < 4.78 is 5.58. The summed E-state index contributed by atoms with van der Waals surface area (Å²) in [4.78, 5) is 20.0. The summed E-state index contributed by atoms with van der Waals surface area (Å²) in [7, 11) is 0. The largest absolute Gasteiger partial charge is 0.437 e. The van der Waals surface area contributed by atoms with E-state index in [-0.39, 0.29) is 11.8 Å². The number of carbonyl (C=O) groups excluding carboxylic acids is 1. The molecule has 5 heteroatoms. The Balaban J connectivity index is 2.02. The van der Waals surface area contributed by atoms with Crippen LogP contribution < -0.4 is 10.1 Å². The average Bonchev–Trinajstić information content (AvgIpc) is 2.49. The second-order valence-electron chi connectivity index (χ2n) is 4.85. The molecule has 5 nitrogen and oxygen atoms in total. The lowest BCUT2D eigenvalue weighted by molar-refractivity contribution is -0.119. The third-order valence-corrected chi connectivity index (χ3v) is 3.03. The normalized spacial score (nSPS) is 11.7. The number of hydrogen-bond acceptors (Lipinski definition) is 4. The molecular formula is C16H19N3O2. The Kier molecular flexibility index (Phi) is 5.26. The summed E-state index contributed by atoms with van der Waals surface area (Å²) in [5.41, 5.74) is 0.712. The van der Waals surface area contributed by atoms with Crippen molar-refractivity contribution in [2.24, 2.45) is 5.92 Å². The van der Waals surface area contributed by atoms with E-state index in [0.717, 1.165) is 12.8 Å². The van der Waals surface area contributed by atoms with Crippen LogP contribution in [0.4, 0.5) is 5.69 Å². The molecule has 0 saturated heterocycles. The Labute approximate surface area is 124 Å². The number of anilines is 1. The molecule has 1 amide bonds. The highest BCUT2D eigenvalue weighted by atomic mass is 16.5. The first-order valence-electron chi connectivity index (χ1n) is 7.04. The summed E-state index contributed by atoms with van der Waals surface area (Å²) in [6.07, 6.45) is 6.55. The van der Waals surface area contributed by atoms with Crippen molar-refractivity contribution in [2.45, 2.75) is 26.7 Å². The first-order chi connectivity index (χ1) is 10.2. The Morgan fingerprint density at radius 2 is 2.24 bits per heavy atom. The minimum atomic E-state index is -0.000403. The predicted molar refractivity (Wildman–Crippen MR) is 81.2 cm³/mol. The van der Waals surface area contributed by atoms with Gasteiger partial charge in [-0.2, -0.15) is 0 Å². The molecular weight excluding hydrogens is 266 g/mol. The molecule has 1 aromatic heterocycles. The molecule has 1 heterocycles. The molecule has 0 fully saturated rings. The van der Waals surface area contributed by atoms with Crippen LogP contribution in [0.25, 0.3) is 0 Å². The van der Waals surface area contributed by atoms with E-state index in [1.807, 2.05) is 19.1 Å². The molecule has 1 aromatic carbocycles. The zero-order valence-corrected chi connectivity index (χ0v) is 12.2. The minimum Gasteiger partial charge on any atom is -0.437 e. The predicted octanol–water partition coefficient (Wildman–Crippen LogP) is 3.64. The summed E-state index contributed by atoms with van der Waals surface area (Å²) >= 11 is 0. The maximum Gasteiger partial charge on any atom is 0.237 e. The smallest absolute Gasteiger partial charge is 0.237 e. The van der Waals surface area contributed by atoms with E-state index < -0.39 is 0 Å². The van der Waals surface area contributed by atoms with Gasteiger partial charge in [-0.3, -0.25) is 9.78 Å². The molecule has 1 atom stereocenters. The molecule has 110 valence electrons. The maximum absolute atomic E-state index is 12.0. The Bertz CT molecular complexity index is 587. The van der Waals surface area contributed by atoms with E-state index in [1.165, 1.54) is 6.20 Å². The van der Waals surface area contributed by atoms with Crippen molar-refractivity contribution < 1.29 is 9.53 Å². The molecule has 2 rings (SSSR count). The highest BCUT2D eigenvalue weighted by Gasteiger charge is 2.12. The number of benzene rings is 1. The van der Waals surface area contributed by atoms with Crippen molar-refractivity contribution in [3.05, 3.63) is 42.9 Å². The zero-order chi connectivity index (χ0) is 15.1. The van der Waals surface area contributed by atoms with Gasteiger partial charge in [0.1, 0.15) is 5.75 Å². The Morgan fingerprint density at radius 1 is 1.38 bits per heavy atom. The number of rotatable bonds is 6. The monoisotopic (exact) mass is 285 g/mol. The van der Waals surface area contributed by atoms with Crippen molar-refractivity contribution in [3.8, 4) is 11.6 Å². The lowest BCUT2D eigenvalue weighted by Gasteiger charge is -2.12. The number of carbonyl (C=O) groups is 1. The van der Waals surface area contributed by atoms with E-state index in [2.05, 4.69) is 22.2 Å². The van der Waals surface area contributed by atoms with Gasteiger partial charge in [-0.25, -0.2) is 4.98 Å². The molecule has 1 unspecified atom stereocenters. The molecule has 0 spiro atoms. The van der Waals surface area contributed by atoms with E-state index >= 15 is 0 Å². The van der Waals surface area contributed by atoms with Crippen LogP contribution in [0.2, 0.25) is 0 Å². The summed E-state index contributed by atoms with van der Waals surface area (Å²) in [6.45, 7) is 4.00. The molecule has 0 aliphatic carbocycles. The quantitative estimate of drug-likeness (QED) is 0.880. The van der Waals surface area contributed by atoms with Crippen LogP contribution in [0.3, 0.4) is 0 Å². The Hall–Kier alpha value is -2.43. The highest BCUT2D eigenvalue weighted by molar-refractivity contribution is 5.92. The standard InChI is InChI=1S/C16H19N3O2/c1-3-5-12(2)16(20)19-13-6-4-7-14(10-13)21-15-11-17-8-9-18-15/h4,6-12H,3,5H2,1-2H3,(H,19,20). The lowest BCUT2D eigenvalue weighted by atomic mass is 10.1. The van der Waals surface area contributed by atoms with Gasteiger partial charge < -0.3 is 10.1 Å². The van der Waals surface area contributed by atoms with Crippen molar-refractivity contribution >= 4 is 11.6 Å². The van der Waals surface area contributed by atoms with Crippen LogP contribution >= 0.6 is 0 Å². The number of aromatic nitrogens is 2. The third-order valence-electron chi connectivity index (χ3n) is 3.03. The van der Waals surface area contributed by atoms with Crippen molar-refractivity contribution in [1.29, 1.82) is 0 Å². The average molecular weight is 285 g/mol. The van der Waals surface area contributed by atoms with Crippen LogP contribution in [-0.2, 0) is 4.79 Å². The molecule has 0 radical (unpaired) electrons. The first kappa shape index (κ1) is 15.0. The molecule has 0 saturated carbocycles. The molecule has 1 N–H and O–H groups in total. The van der Waals surface area contributed by atoms with Gasteiger partial charge in [-0.05, 0) is 18.6 Å². The topological polar surface area (TPSA) is 64.1 Å². The molecule has 0 bridgehead atoms. The summed E-state index contributed by atoms with van der Waals surface area (Å²) in [5, 5.41) is 2.90. The van der Waals surface area contributed by atoms with Crippen LogP contribution in [0.5, 0.6) is 11.6 Å². The minimum absolute atomic E-state index is 0.000403. The lowest BCUT2D eigenvalue weighted by Crippen LogP contribution is -2.20. The fourth-order valence-electron chi connectivity index (χ4n) is 1.93. The van der Waals surface area contributed by atoms with Crippen LogP contribution in [0.15, 0.2) is 42.9 Å². The molecule has 0 aliphatic heterocycles. The van der Waals surface area contributed by atoms with Crippen LogP contribution in [0.1, 0.15) is 26.7 Å². The van der Waals surface area contributed by atoms with Gasteiger partial charge in [0.2, 0.25) is 11.8 Å². The Morgan fingerprint density at radius 3 is 2.95 bits per heavy atom. The number of nitrogens with zero attached hydrogens (tertiary/aromatic N) is 2. The number of ether oxygens (including phenoxy) is 1. The number of amides is 1. The van der Waals surface area contributed by atoms with Gasteiger partial charge in [0.05, 0.1) is 6.20 Å². The van der Waals surface area contributed by atoms with Gasteiger partial charge >= 0.3 is 0 Å². The summed E-state index contributed by atoms with van der Waals surface area (Å²) in [6, 6.07) is 7.23. The number of hydrogen-bond donors (Lipinski definition) is 1. The van der Waals surface area contributed by atoms with E-state index in [9.17, 15) is 4.79 Å². The number of nitrogens with one attached hydrogen (secondary N) is 1. The second kappa shape index (κ2) is 7.38. The fraction of sp³-hybridized carbons (Fsp3) is 0.312. The molecule has 0 aliphatic rings.